The van der Waals surface area contributed by atoms with Gasteiger partial charge >= 0.3 is 8.25 Å². The van der Waals surface area contributed by atoms with Crippen LogP contribution in [-0.2, 0) is 9.36 Å². The molecule has 0 bridgehead atoms. The van der Waals surface area contributed by atoms with Crippen LogP contribution in [0.25, 0.3) is 0 Å². The first-order valence-corrected chi connectivity index (χ1v) is 4.98. The monoisotopic (exact) mass is 197 g/mol. The summed E-state index contributed by atoms with van der Waals surface area (Å²) >= 11 is 0. The minimum Gasteiger partial charge on any atom is -0.326 e. The Balaban J connectivity index is 0. The van der Waals surface area contributed by atoms with Crippen molar-refractivity contribution in [2.24, 2.45) is 5.73 Å². The summed E-state index contributed by atoms with van der Waals surface area (Å²) in [4.78, 5) is 24.8. The first-order valence-electron chi connectivity index (χ1n) is 3.68. The molecule has 0 aromatic carbocycles. The van der Waals surface area contributed by atoms with E-state index >= 15 is 0 Å². The molecule has 0 aromatic heterocycles. The predicted octanol–water partition coefficient (Wildman–Crippen LogP) is 0.0651. The molecule has 0 aliphatic heterocycles. The molecule has 0 amide bonds. The van der Waals surface area contributed by atoms with Crippen molar-refractivity contribution in [1.29, 1.82) is 0 Å². The van der Waals surface area contributed by atoms with Gasteiger partial charge in [0.2, 0.25) is 0 Å². The van der Waals surface area contributed by atoms with Gasteiger partial charge in [-0.15, -0.1) is 0 Å². The van der Waals surface area contributed by atoms with Gasteiger partial charge in [-0.25, -0.2) is 0 Å². The number of hydrogen-bond donors (Lipinski definition) is 3. The van der Waals surface area contributed by atoms with Gasteiger partial charge in [0.15, 0.2) is 0 Å². The molecule has 0 saturated carbocycles. The zero-order chi connectivity index (χ0) is 9.98. The van der Waals surface area contributed by atoms with Crippen molar-refractivity contribution in [1.82, 2.24) is 0 Å². The molecular weight excluding hydrogens is 181 g/mol. The van der Waals surface area contributed by atoms with Gasteiger partial charge in [0.1, 0.15) is 5.78 Å². The molecule has 0 radical (unpaired) electrons. The van der Waals surface area contributed by atoms with Crippen molar-refractivity contribution < 1.29 is 19.1 Å². The van der Waals surface area contributed by atoms with Crippen LogP contribution in [-0.4, -0.2) is 22.1 Å². The summed E-state index contributed by atoms with van der Waals surface area (Å²) in [5, 5.41) is 0. The Kier molecular flexibility index (Phi) is 12.9. The van der Waals surface area contributed by atoms with Crippen LogP contribution in [0.4, 0.5) is 0 Å². The minimum absolute atomic E-state index is 0.173. The average Bonchev–Trinajstić information content (AvgIpc) is 1.99. The fourth-order valence-corrected chi connectivity index (χ4v) is 0.476. The van der Waals surface area contributed by atoms with Gasteiger partial charge in [0.05, 0.1) is 6.54 Å². The summed E-state index contributed by atoms with van der Waals surface area (Å²) in [6, 6.07) is 0. The van der Waals surface area contributed by atoms with E-state index in [0.29, 0.717) is 6.42 Å². The van der Waals surface area contributed by atoms with Crippen molar-refractivity contribution >= 4 is 14.0 Å². The Labute approximate surface area is 72.5 Å². The number of nitrogens with two attached hydrogens (primary N) is 1. The van der Waals surface area contributed by atoms with Crippen LogP contribution in [0.1, 0.15) is 26.2 Å². The summed E-state index contributed by atoms with van der Waals surface area (Å²) in [6.45, 7) is 2.27. The topological polar surface area (TPSA) is 101 Å². The van der Waals surface area contributed by atoms with Crippen LogP contribution >= 0.6 is 8.25 Å². The molecule has 0 heterocycles. The number of rotatable bonds is 4. The first-order chi connectivity index (χ1) is 5.54. The summed E-state index contributed by atoms with van der Waals surface area (Å²) in [7, 11) is -3.13. The van der Waals surface area contributed by atoms with Crippen molar-refractivity contribution in [3.63, 3.8) is 0 Å². The lowest BCUT2D eigenvalue weighted by Gasteiger charge is -1.91. The van der Waals surface area contributed by atoms with Crippen LogP contribution in [0.5, 0.6) is 0 Å². The molecule has 0 saturated heterocycles. The van der Waals surface area contributed by atoms with Gasteiger partial charge in [-0.1, -0.05) is 13.3 Å². The number of unbranched alkanes of at least 4 members (excludes halogenated alkanes) is 1. The molecule has 4 N–H and O–H groups in total. The Morgan fingerprint density at radius 3 is 2.17 bits per heavy atom. The van der Waals surface area contributed by atoms with E-state index in [1.165, 1.54) is 0 Å². The van der Waals surface area contributed by atoms with Crippen LogP contribution in [0.3, 0.4) is 0 Å². The van der Waals surface area contributed by atoms with Crippen LogP contribution in [0.2, 0.25) is 0 Å². The van der Waals surface area contributed by atoms with Crippen molar-refractivity contribution in [3.05, 3.63) is 0 Å². The molecule has 0 aromatic rings. The zero-order valence-electron chi connectivity index (χ0n) is 7.12. The lowest BCUT2D eigenvalue weighted by Crippen LogP contribution is -2.12. The molecular formula is C6H16NO4P. The first kappa shape index (κ1) is 14.3. The highest BCUT2D eigenvalue weighted by Crippen LogP contribution is 1.98. The molecule has 12 heavy (non-hydrogen) atoms. The quantitative estimate of drug-likeness (QED) is 0.553. The van der Waals surface area contributed by atoms with Gasteiger partial charge in [-0.2, -0.15) is 0 Å². The number of carbonyl (C=O) groups is 1. The largest absolute Gasteiger partial charge is 0.326 e. The summed E-state index contributed by atoms with van der Waals surface area (Å²) < 4.78 is 8.74. The molecule has 0 atom stereocenters. The van der Waals surface area contributed by atoms with Crippen molar-refractivity contribution in [3.8, 4) is 0 Å². The maximum Gasteiger partial charge on any atom is 0.314 e. The van der Waals surface area contributed by atoms with E-state index < -0.39 is 8.25 Å². The van der Waals surface area contributed by atoms with Gasteiger partial charge < -0.3 is 15.5 Å². The molecule has 5 nitrogen and oxygen atoms in total. The van der Waals surface area contributed by atoms with E-state index in [-0.39, 0.29) is 12.3 Å². The number of hydrogen-bond acceptors (Lipinski definition) is 3. The van der Waals surface area contributed by atoms with E-state index in [9.17, 15) is 4.79 Å². The third-order valence-electron chi connectivity index (χ3n) is 1.04. The number of carbonyl (C=O) groups excluding carboxylic acids is 1. The third-order valence-corrected chi connectivity index (χ3v) is 1.04. The summed E-state index contributed by atoms with van der Waals surface area (Å²) in [6.07, 6.45) is 2.72. The predicted molar refractivity (Wildman–Crippen MR) is 47.0 cm³/mol. The molecule has 0 spiro atoms. The van der Waals surface area contributed by atoms with Gasteiger partial charge in [0, 0.05) is 6.42 Å². The fraction of sp³-hybridized carbons (Fsp3) is 0.833. The average molecular weight is 197 g/mol. The Morgan fingerprint density at radius 2 is 1.92 bits per heavy atom. The lowest BCUT2D eigenvalue weighted by molar-refractivity contribution is -0.117. The fourth-order valence-electron chi connectivity index (χ4n) is 0.476. The zero-order valence-corrected chi connectivity index (χ0v) is 8.12. The molecule has 0 fully saturated rings. The standard InChI is InChI=1S/C6H13NO.H3O3P/c1-2-3-4-6(8)5-7;1-4(2)3/h2-5,7H2,1H3;4H,(H2,1,2,3). The van der Waals surface area contributed by atoms with Crippen molar-refractivity contribution in [2.75, 3.05) is 6.54 Å². The number of Topliss-reactive ketones (excluding diaryl/α,β-unsaturated/α-hetero) is 1. The van der Waals surface area contributed by atoms with E-state index in [1.807, 2.05) is 0 Å². The van der Waals surface area contributed by atoms with E-state index in [2.05, 4.69) is 6.92 Å². The Bertz CT molecular complexity index is 136. The SMILES string of the molecule is CCCCC(=O)CN.O=[PH](O)O. The Hall–Kier alpha value is -0.220. The third kappa shape index (κ3) is 22.6. The molecule has 0 aliphatic rings. The second kappa shape index (κ2) is 10.8. The molecule has 0 aliphatic carbocycles. The van der Waals surface area contributed by atoms with E-state index in [1.54, 1.807) is 0 Å². The highest BCUT2D eigenvalue weighted by molar-refractivity contribution is 7.30. The van der Waals surface area contributed by atoms with E-state index in [0.717, 1.165) is 12.8 Å². The summed E-state index contributed by atoms with van der Waals surface area (Å²) in [5.41, 5.74) is 5.06. The molecule has 0 rings (SSSR count). The van der Waals surface area contributed by atoms with Gasteiger partial charge in [0.25, 0.3) is 0 Å². The Morgan fingerprint density at radius 1 is 1.50 bits per heavy atom. The minimum atomic E-state index is -3.13. The normalized spacial score (nSPS) is 9.08. The number of ketones is 1. The maximum absolute atomic E-state index is 10.4. The van der Waals surface area contributed by atoms with Crippen LogP contribution in [0, 0.1) is 0 Å². The highest BCUT2D eigenvalue weighted by Gasteiger charge is 1.93. The lowest BCUT2D eigenvalue weighted by atomic mass is 10.2. The van der Waals surface area contributed by atoms with Crippen molar-refractivity contribution in [2.45, 2.75) is 26.2 Å². The van der Waals surface area contributed by atoms with Crippen LogP contribution in [0.15, 0.2) is 0 Å². The molecule has 74 valence electrons. The summed E-state index contributed by atoms with van der Waals surface area (Å²) in [5.74, 6) is 0.173. The maximum atomic E-state index is 10.4. The van der Waals surface area contributed by atoms with E-state index in [4.69, 9.17) is 20.1 Å². The second-order valence-corrected chi connectivity index (χ2v) is 2.69. The molecule has 0 unspecified atom stereocenters. The molecule has 6 heteroatoms. The second-order valence-electron chi connectivity index (χ2n) is 2.13. The van der Waals surface area contributed by atoms with Gasteiger partial charge in [-0.3, -0.25) is 9.36 Å². The smallest absolute Gasteiger partial charge is 0.314 e. The van der Waals surface area contributed by atoms with Gasteiger partial charge in [-0.05, 0) is 6.42 Å². The highest BCUT2D eigenvalue weighted by atomic mass is 31.1. The van der Waals surface area contributed by atoms with Crippen LogP contribution < -0.4 is 5.73 Å².